The van der Waals surface area contributed by atoms with Gasteiger partial charge in [0.1, 0.15) is 5.82 Å². The summed E-state index contributed by atoms with van der Waals surface area (Å²) >= 11 is 6.01. The van der Waals surface area contributed by atoms with Gasteiger partial charge in [0, 0.05) is 12.4 Å². The minimum atomic E-state index is 0.614. The van der Waals surface area contributed by atoms with Crippen LogP contribution >= 0.6 is 11.6 Å². The van der Waals surface area contributed by atoms with E-state index < -0.39 is 0 Å². The molecule has 0 fully saturated rings. The van der Waals surface area contributed by atoms with Crippen molar-refractivity contribution in [2.75, 3.05) is 0 Å². The summed E-state index contributed by atoms with van der Waals surface area (Å²) in [7, 11) is 0. The first-order chi connectivity index (χ1) is 8.83. The van der Waals surface area contributed by atoms with Gasteiger partial charge in [-0.2, -0.15) is 0 Å². The number of nitrogens with zero attached hydrogens (tertiary/aromatic N) is 3. The number of aromatic amines is 1. The Labute approximate surface area is 108 Å². The Morgan fingerprint density at radius 1 is 1.06 bits per heavy atom. The SMILES string of the molecule is Clc1cccnc1/C=C/c1nc2ncccc2[nH]1. The lowest BCUT2D eigenvalue weighted by molar-refractivity contribution is 1.26. The predicted molar refractivity (Wildman–Crippen MR) is 72.1 cm³/mol. The average Bonchev–Trinajstić information content (AvgIpc) is 2.80. The Morgan fingerprint density at radius 2 is 1.89 bits per heavy atom. The van der Waals surface area contributed by atoms with Crippen molar-refractivity contribution < 1.29 is 0 Å². The zero-order valence-electron chi connectivity index (χ0n) is 9.34. The Morgan fingerprint density at radius 3 is 2.72 bits per heavy atom. The number of rotatable bonds is 2. The fraction of sp³-hybridized carbons (Fsp3) is 0. The van der Waals surface area contributed by atoms with E-state index in [0.29, 0.717) is 16.4 Å². The molecule has 0 aliphatic rings. The van der Waals surface area contributed by atoms with E-state index in [4.69, 9.17) is 11.6 Å². The standard InChI is InChI=1S/C13H9ClN4/c14-9-3-1-7-15-10(9)5-6-12-17-11-4-2-8-16-13(11)18-12/h1-8H,(H,16,17,18)/b6-5+. The highest BCUT2D eigenvalue weighted by Crippen LogP contribution is 2.15. The third kappa shape index (κ3) is 2.10. The number of fused-ring (bicyclic) bond motifs is 1. The lowest BCUT2D eigenvalue weighted by Crippen LogP contribution is -1.81. The van der Waals surface area contributed by atoms with Crippen molar-refractivity contribution >= 4 is 34.9 Å². The molecule has 4 nitrogen and oxygen atoms in total. The molecule has 18 heavy (non-hydrogen) atoms. The fourth-order valence-electron chi connectivity index (χ4n) is 1.62. The number of imidazole rings is 1. The molecular formula is C13H9ClN4. The summed E-state index contributed by atoms with van der Waals surface area (Å²) in [5.41, 5.74) is 2.32. The van der Waals surface area contributed by atoms with Gasteiger partial charge in [0.25, 0.3) is 0 Å². The van der Waals surface area contributed by atoms with E-state index in [-0.39, 0.29) is 0 Å². The van der Waals surface area contributed by atoms with E-state index in [1.54, 1.807) is 24.5 Å². The first kappa shape index (κ1) is 10.9. The van der Waals surface area contributed by atoms with Gasteiger partial charge in [-0.1, -0.05) is 11.6 Å². The van der Waals surface area contributed by atoms with Gasteiger partial charge in [-0.3, -0.25) is 4.98 Å². The van der Waals surface area contributed by atoms with Crippen LogP contribution in [-0.4, -0.2) is 19.9 Å². The van der Waals surface area contributed by atoms with Crippen molar-refractivity contribution in [1.29, 1.82) is 0 Å². The number of halogens is 1. The number of hydrogen-bond acceptors (Lipinski definition) is 3. The van der Waals surface area contributed by atoms with Crippen molar-refractivity contribution in [3.63, 3.8) is 0 Å². The molecule has 88 valence electrons. The van der Waals surface area contributed by atoms with Gasteiger partial charge in [-0.05, 0) is 36.4 Å². The normalized spacial score (nSPS) is 11.4. The number of aromatic nitrogens is 4. The minimum absolute atomic E-state index is 0.614. The summed E-state index contributed by atoms with van der Waals surface area (Å²) in [6.45, 7) is 0. The van der Waals surface area contributed by atoms with Gasteiger partial charge in [0.2, 0.25) is 0 Å². The maximum atomic E-state index is 6.01. The Bertz CT molecular complexity index is 685. The van der Waals surface area contributed by atoms with Crippen LogP contribution < -0.4 is 0 Å². The molecule has 0 amide bonds. The fourth-order valence-corrected chi connectivity index (χ4v) is 1.81. The van der Waals surface area contributed by atoms with E-state index >= 15 is 0 Å². The Hall–Kier alpha value is -2.20. The zero-order chi connectivity index (χ0) is 12.4. The molecular weight excluding hydrogens is 248 g/mol. The van der Waals surface area contributed by atoms with Crippen LogP contribution in [0.3, 0.4) is 0 Å². The van der Waals surface area contributed by atoms with Crippen molar-refractivity contribution in [3.05, 3.63) is 53.2 Å². The number of hydrogen-bond donors (Lipinski definition) is 1. The van der Waals surface area contributed by atoms with Gasteiger partial charge in [-0.25, -0.2) is 9.97 Å². The number of pyridine rings is 2. The topological polar surface area (TPSA) is 54.5 Å². The monoisotopic (exact) mass is 256 g/mol. The minimum Gasteiger partial charge on any atom is -0.337 e. The summed E-state index contributed by atoms with van der Waals surface area (Å²) in [6, 6.07) is 7.39. The Balaban J connectivity index is 1.95. The molecule has 0 radical (unpaired) electrons. The van der Waals surface area contributed by atoms with Crippen molar-refractivity contribution in [3.8, 4) is 0 Å². The second kappa shape index (κ2) is 4.58. The van der Waals surface area contributed by atoms with E-state index in [0.717, 1.165) is 11.3 Å². The first-order valence-electron chi connectivity index (χ1n) is 5.42. The molecule has 5 heteroatoms. The average molecular weight is 257 g/mol. The molecule has 0 aliphatic carbocycles. The van der Waals surface area contributed by atoms with Gasteiger partial charge < -0.3 is 4.98 Å². The molecule has 0 spiro atoms. The Kier molecular flexibility index (Phi) is 2.78. The molecule has 3 aromatic rings. The van der Waals surface area contributed by atoms with Crippen LogP contribution in [0.1, 0.15) is 11.5 Å². The van der Waals surface area contributed by atoms with Crippen LogP contribution in [0.5, 0.6) is 0 Å². The highest BCUT2D eigenvalue weighted by molar-refractivity contribution is 6.31. The summed E-state index contributed by atoms with van der Waals surface area (Å²) in [6.07, 6.45) is 7.06. The molecule has 0 aromatic carbocycles. The van der Waals surface area contributed by atoms with Crippen molar-refractivity contribution in [2.45, 2.75) is 0 Å². The molecule has 0 unspecified atom stereocenters. The largest absolute Gasteiger partial charge is 0.337 e. The second-order valence-electron chi connectivity index (χ2n) is 3.70. The van der Waals surface area contributed by atoms with Crippen molar-refractivity contribution in [1.82, 2.24) is 19.9 Å². The summed E-state index contributed by atoms with van der Waals surface area (Å²) in [5, 5.41) is 0.614. The van der Waals surface area contributed by atoms with Crippen LogP contribution in [0.15, 0.2) is 36.7 Å². The smallest absolute Gasteiger partial charge is 0.178 e. The highest BCUT2D eigenvalue weighted by atomic mass is 35.5. The summed E-state index contributed by atoms with van der Waals surface area (Å²) < 4.78 is 0. The predicted octanol–water partition coefficient (Wildman–Crippen LogP) is 3.18. The molecule has 3 rings (SSSR count). The van der Waals surface area contributed by atoms with E-state index in [1.807, 2.05) is 24.3 Å². The van der Waals surface area contributed by atoms with Gasteiger partial charge >= 0.3 is 0 Å². The van der Waals surface area contributed by atoms with Crippen molar-refractivity contribution in [2.24, 2.45) is 0 Å². The summed E-state index contributed by atoms with van der Waals surface area (Å²) in [5.74, 6) is 0.727. The van der Waals surface area contributed by atoms with E-state index in [2.05, 4.69) is 19.9 Å². The first-order valence-corrected chi connectivity index (χ1v) is 5.80. The number of H-pyrrole nitrogens is 1. The molecule has 0 atom stereocenters. The quantitative estimate of drug-likeness (QED) is 0.766. The van der Waals surface area contributed by atoms with E-state index in [9.17, 15) is 0 Å². The molecule has 3 heterocycles. The zero-order valence-corrected chi connectivity index (χ0v) is 10.1. The van der Waals surface area contributed by atoms with E-state index in [1.165, 1.54) is 0 Å². The van der Waals surface area contributed by atoms with Crippen LogP contribution in [0.25, 0.3) is 23.3 Å². The highest BCUT2D eigenvalue weighted by Gasteiger charge is 2.00. The number of nitrogens with one attached hydrogen (secondary N) is 1. The third-order valence-electron chi connectivity index (χ3n) is 2.46. The van der Waals surface area contributed by atoms with Gasteiger partial charge in [0.15, 0.2) is 5.65 Å². The molecule has 0 bridgehead atoms. The molecule has 1 N–H and O–H groups in total. The lowest BCUT2D eigenvalue weighted by atomic mass is 10.3. The second-order valence-corrected chi connectivity index (χ2v) is 4.11. The van der Waals surface area contributed by atoms with Gasteiger partial charge in [0.05, 0.1) is 16.2 Å². The molecule has 3 aromatic heterocycles. The molecule has 0 saturated heterocycles. The molecule has 0 saturated carbocycles. The summed E-state index contributed by atoms with van der Waals surface area (Å²) in [4.78, 5) is 15.8. The lowest BCUT2D eigenvalue weighted by Gasteiger charge is -1.94. The maximum Gasteiger partial charge on any atom is 0.178 e. The molecule has 0 aliphatic heterocycles. The van der Waals surface area contributed by atoms with Crippen LogP contribution in [-0.2, 0) is 0 Å². The maximum absolute atomic E-state index is 6.01. The van der Waals surface area contributed by atoms with Crippen LogP contribution in [0.4, 0.5) is 0 Å². The van der Waals surface area contributed by atoms with Gasteiger partial charge in [-0.15, -0.1) is 0 Å². The third-order valence-corrected chi connectivity index (χ3v) is 2.78. The van der Waals surface area contributed by atoms with Crippen LogP contribution in [0, 0.1) is 0 Å². The van der Waals surface area contributed by atoms with Crippen LogP contribution in [0.2, 0.25) is 5.02 Å².